The number of hydrogen-bond acceptors (Lipinski definition) is 2. The maximum absolute atomic E-state index is 3.56. The fourth-order valence-corrected chi connectivity index (χ4v) is 2.83. The Bertz CT molecular complexity index is 177. The molecule has 1 heterocycles. The van der Waals surface area contributed by atoms with Crippen LogP contribution in [0.3, 0.4) is 0 Å². The maximum atomic E-state index is 3.56. The Morgan fingerprint density at radius 2 is 2.14 bits per heavy atom. The molecule has 14 heavy (non-hydrogen) atoms. The number of likely N-dealkylation sites (tertiary alicyclic amines) is 1. The first-order valence-corrected chi connectivity index (χ1v) is 6.28. The van der Waals surface area contributed by atoms with Crippen molar-refractivity contribution in [2.24, 2.45) is 5.92 Å². The molecule has 2 rings (SSSR count). The lowest BCUT2D eigenvalue weighted by molar-refractivity contribution is 0.129. The van der Waals surface area contributed by atoms with Crippen LogP contribution in [-0.2, 0) is 0 Å². The van der Waals surface area contributed by atoms with Crippen LogP contribution in [0.1, 0.15) is 39.5 Å². The van der Waals surface area contributed by atoms with Crippen LogP contribution < -0.4 is 5.32 Å². The fraction of sp³-hybridized carbons (Fsp3) is 1.00. The summed E-state index contributed by atoms with van der Waals surface area (Å²) in [4.78, 5) is 2.69. The van der Waals surface area contributed by atoms with E-state index in [-0.39, 0.29) is 0 Å². The van der Waals surface area contributed by atoms with Crippen LogP contribution in [0.2, 0.25) is 0 Å². The maximum Gasteiger partial charge on any atom is 0.0207 e. The van der Waals surface area contributed by atoms with Gasteiger partial charge in [-0.25, -0.2) is 0 Å². The van der Waals surface area contributed by atoms with E-state index in [9.17, 15) is 0 Å². The van der Waals surface area contributed by atoms with E-state index in [0.717, 1.165) is 24.5 Å². The molecule has 1 N–H and O–H groups in total. The van der Waals surface area contributed by atoms with Gasteiger partial charge >= 0.3 is 0 Å². The van der Waals surface area contributed by atoms with Crippen molar-refractivity contribution in [1.29, 1.82) is 0 Å². The zero-order chi connectivity index (χ0) is 9.97. The summed E-state index contributed by atoms with van der Waals surface area (Å²) in [7, 11) is 0. The normalized spacial score (nSPS) is 31.7. The summed E-state index contributed by atoms with van der Waals surface area (Å²) in [6.07, 6.45) is 5.78. The van der Waals surface area contributed by atoms with Gasteiger partial charge in [-0.3, -0.25) is 4.90 Å². The summed E-state index contributed by atoms with van der Waals surface area (Å²) in [6.45, 7) is 8.35. The molecule has 2 heteroatoms. The Labute approximate surface area is 88.1 Å². The minimum absolute atomic E-state index is 0.766. The van der Waals surface area contributed by atoms with Gasteiger partial charge in [0.1, 0.15) is 0 Å². The quantitative estimate of drug-likeness (QED) is 0.738. The molecule has 82 valence electrons. The van der Waals surface area contributed by atoms with Gasteiger partial charge in [0.25, 0.3) is 0 Å². The van der Waals surface area contributed by atoms with Crippen molar-refractivity contribution >= 4 is 0 Å². The molecule has 1 aliphatic carbocycles. The Balaban J connectivity index is 1.76. The van der Waals surface area contributed by atoms with Crippen molar-refractivity contribution in [1.82, 2.24) is 10.2 Å². The van der Waals surface area contributed by atoms with Crippen molar-refractivity contribution < 1.29 is 0 Å². The van der Waals surface area contributed by atoms with Gasteiger partial charge in [0.15, 0.2) is 0 Å². The molecule has 1 saturated heterocycles. The minimum Gasteiger partial charge on any atom is -0.313 e. The molecule has 0 amide bonds. The molecule has 0 radical (unpaired) electrons. The van der Waals surface area contributed by atoms with Crippen LogP contribution in [0.5, 0.6) is 0 Å². The predicted molar refractivity (Wildman–Crippen MR) is 60.5 cm³/mol. The molecule has 2 fully saturated rings. The minimum atomic E-state index is 0.766. The molecule has 2 unspecified atom stereocenters. The lowest BCUT2D eigenvalue weighted by atomic mass is 9.80. The van der Waals surface area contributed by atoms with Crippen LogP contribution in [-0.4, -0.2) is 36.6 Å². The van der Waals surface area contributed by atoms with E-state index in [0.29, 0.717) is 0 Å². The van der Waals surface area contributed by atoms with Crippen LogP contribution in [0.25, 0.3) is 0 Å². The Morgan fingerprint density at radius 3 is 2.71 bits per heavy atom. The van der Waals surface area contributed by atoms with E-state index in [1.165, 1.54) is 38.8 Å². The molecule has 1 aliphatic heterocycles. The molecule has 2 nitrogen and oxygen atoms in total. The van der Waals surface area contributed by atoms with Gasteiger partial charge in [-0.1, -0.05) is 13.3 Å². The second kappa shape index (κ2) is 4.63. The molecular formula is C12H24N2. The van der Waals surface area contributed by atoms with Gasteiger partial charge in [-0.2, -0.15) is 0 Å². The Hall–Kier alpha value is -0.0800. The van der Waals surface area contributed by atoms with Crippen molar-refractivity contribution in [3.63, 3.8) is 0 Å². The van der Waals surface area contributed by atoms with Gasteiger partial charge in [0, 0.05) is 25.2 Å². The second-order valence-corrected chi connectivity index (χ2v) is 4.97. The molecular weight excluding hydrogens is 172 g/mol. The SMILES string of the molecule is CCNC1CCN(C(C)C2CCC2)C1. The molecule has 0 aromatic carbocycles. The highest BCUT2D eigenvalue weighted by atomic mass is 15.2. The van der Waals surface area contributed by atoms with E-state index in [1.54, 1.807) is 0 Å². The zero-order valence-corrected chi connectivity index (χ0v) is 9.63. The van der Waals surface area contributed by atoms with Gasteiger partial charge in [0.2, 0.25) is 0 Å². The Kier molecular flexibility index (Phi) is 3.45. The molecule has 1 saturated carbocycles. The number of hydrogen-bond donors (Lipinski definition) is 1. The largest absolute Gasteiger partial charge is 0.313 e. The predicted octanol–water partition coefficient (Wildman–Crippen LogP) is 1.86. The summed E-state index contributed by atoms with van der Waals surface area (Å²) in [5.74, 6) is 1.01. The van der Waals surface area contributed by atoms with Crippen molar-refractivity contribution in [3.05, 3.63) is 0 Å². The standard InChI is InChI=1S/C12H24N2/c1-3-13-12-7-8-14(9-12)10(2)11-5-4-6-11/h10-13H,3-9H2,1-2H3. The zero-order valence-electron chi connectivity index (χ0n) is 9.63. The summed E-state index contributed by atoms with van der Waals surface area (Å²) >= 11 is 0. The molecule has 0 aromatic rings. The lowest BCUT2D eigenvalue weighted by Crippen LogP contribution is -2.41. The Morgan fingerprint density at radius 1 is 1.36 bits per heavy atom. The first kappa shape index (κ1) is 10.4. The molecule has 2 aliphatic rings. The van der Waals surface area contributed by atoms with Crippen molar-refractivity contribution in [2.45, 2.75) is 51.6 Å². The first-order valence-electron chi connectivity index (χ1n) is 6.28. The summed E-state index contributed by atoms with van der Waals surface area (Å²) in [5.41, 5.74) is 0. The van der Waals surface area contributed by atoms with Crippen molar-refractivity contribution in [2.75, 3.05) is 19.6 Å². The number of nitrogens with zero attached hydrogens (tertiary/aromatic N) is 1. The molecule has 0 bridgehead atoms. The van der Waals surface area contributed by atoms with Crippen LogP contribution in [0, 0.1) is 5.92 Å². The van der Waals surface area contributed by atoms with Crippen LogP contribution in [0.15, 0.2) is 0 Å². The van der Waals surface area contributed by atoms with Crippen molar-refractivity contribution in [3.8, 4) is 0 Å². The fourth-order valence-electron chi connectivity index (χ4n) is 2.83. The first-order chi connectivity index (χ1) is 6.81. The highest BCUT2D eigenvalue weighted by molar-refractivity contribution is 4.88. The topological polar surface area (TPSA) is 15.3 Å². The van der Waals surface area contributed by atoms with E-state index in [4.69, 9.17) is 0 Å². The van der Waals surface area contributed by atoms with Gasteiger partial charge < -0.3 is 5.32 Å². The third kappa shape index (κ3) is 2.12. The average Bonchev–Trinajstić information content (AvgIpc) is 2.50. The summed E-state index contributed by atoms with van der Waals surface area (Å²) in [5, 5.41) is 3.56. The smallest absolute Gasteiger partial charge is 0.0207 e. The van der Waals surface area contributed by atoms with Crippen LogP contribution in [0.4, 0.5) is 0 Å². The van der Waals surface area contributed by atoms with E-state index >= 15 is 0 Å². The molecule has 0 aromatic heterocycles. The van der Waals surface area contributed by atoms with Gasteiger partial charge in [-0.15, -0.1) is 0 Å². The van der Waals surface area contributed by atoms with Gasteiger partial charge in [-0.05, 0) is 38.6 Å². The summed E-state index contributed by atoms with van der Waals surface area (Å²) < 4.78 is 0. The lowest BCUT2D eigenvalue weighted by Gasteiger charge is -2.37. The third-order valence-corrected chi connectivity index (χ3v) is 4.12. The number of likely N-dealkylation sites (N-methyl/N-ethyl adjacent to an activating group) is 1. The highest BCUT2D eigenvalue weighted by Crippen LogP contribution is 2.33. The third-order valence-electron chi connectivity index (χ3n) is 4.12. The monoisotopic (exact) mass is 196 g/mol. The van der Waals surface area contributed by atoms with Crippen LogP contribution >= 0.6 is 0 Å². The van der Waals surface area contributed by atoms with E-state index in [1.807, 2.05) is 0 Å². The average molecular weight is 196 g/mol. The summed E-state index contributed by atoms with van der Waals surface area (Å²) in [6, 6.07) is 1.61. The number of nitrogens with one attached hydrogen (secondary N) is 1. The molecule has 2 atom stereocenters. The molecule has 0 spiro atoms. The van der Waals surface area contributed by atoms with E-state index in [2.05, 4.69) is 24.1 Å². The highest BCUT2D eigenvalue weighted by Gasteiger charge is 2.32. The van der Waals surface area contributed by atoms with Gasteiger partial charge in [0.05, 0.1) is 0 Å². The van der Waals surface area contributed by atoms with E-state index < -0.39 is 0 Å². The second-order valence-electron chi connectivity index (χ2n) is 4.97. The number of rotatable bonds is 4.